The highest BCUT2D eigenvalue weighted by molar-refractivity contribution is 5.96. The largest absolute Gasteiger partial charge is 0.374 e. The van der Waals surface area contributed by atoms with Crippen LogP contribution in [0.5, 0.6) is 0 Å². The number of aromatic nitrogens is 2. The number of nitrogens with zero attached hydrogens (tertiary/aromatic N) is 3. The van der Waals surface area contributed by atoms with Crippen molar-refractivity contribution < 1.29 is 5.11 Å². The van der Waals surface area contributed by atoms with Crippen LogP contribution in [0.1, 0.15) is 24.6 Å². The normalized spacial score (nSPS) is 16.2. The van der Waals surface area contributed by atoms with E-state index in [4.69, 9.17) is 4.98 Å². The number of likely N-dealkylation sites (tertiary alicyclic amines) is 1. The van der Waals surface area contributed by atoms with Crippen LogP contribution in [0.2, 0.25) is 0 Å². The zero-order valence-electron chi connectivity index (χ0n) is 16.2. The second kappa shape index (κ2) is 7.55. The fraction of sp³-hybridized carbons (Fsp3) is 0.304. The van der Waals surface area contributed by atoms with Crippen LogP contribution in [0.3, 0.4) is 0 Å². The van der Waals surface area contributed by atoms with Crippen LogP contribution in [-0.2, 0) is 0 Å². The van der Waals surface area contributed by atoms with Gasteiger partial charge in [0.2, 0.25) is 0 Å². The smallest absolute Gasteiger partial charge is 0.265 e. The Bertz CT molecular complexity index is 1240. The molecule has 0 aliphatic carbocycles. The molecule has 2 N–H and O–H groups in total. The second-order valence-corrected chi connectivity index (χ2v) is 7.70. The zero-order chi connectivity index (χ0) is 19.8. The van der Waals surface area contributed by atoms with Crippen molar-refractivity contribution in [1.29, 1.82) is 0 Å². The Balaban J connectivity index is 1.53. The first-order chi connectivity index (χ1) is 14.2. The highest BCUT2D eigenvalue weighted by Crippen LogP contribution is 2.22. The van der Waals surface area contributed by atoms with Crippen molar-refractivity contribution in [3.8, 4) is 0 Å². The van der Waals surface area contributed by atoms with Crippen molar-refractivity contribution in [2.45, 2.75) is 19.1 Å². The molecule has 6 heteroatoms. The molecule has 0 spiro atoms. The van der Waals surface area contributed by atoms with E-state index in [0.717, 1.165) is 30.4 Å². The van der Waals surface area contributed by atoms with Crippen molar-refractivity contribution >= 4 is 27.3 Å². The summed E-state index contributed by atoms with van der Waals surface area (Å²) in [5.41, 5.74) is 1.62. The molecule has 6 nitrogen and oxygen atoms in total. The molecule has 0 amide bonds. The Labute approximate surface area is 168 Å². The average Bonchev–Trinajstić information content (AvgIpc) is 3.26. The lowest BCUT2D eigenvalue weighted by molar-refractivity contribution is 0.135. The molecule has 2 aromatic heterocycles. The van der Waals surface area contributed by atoms with Crippen LogP contribution < -0.4 is 10.9 Å². The van der Waals surface area contributed by atoms with Gasteiger partial charge in [-0.1, -0.05) is 24.3 Å². The maximum atomic E-state index is 13.1. The van der Waals surface area contributed by atoms with E-state index in [1.54, 1.807) is 12.3 Å². The summed E-state index contributed by atoms with van der Waals surface area (Å²) in [4.78, 5) is 20.2. The first kappa shape index (κ1) is 18.2. The topological polar surface area (TPSA) is 69.9 Å². The van der Waals surface area contributed by atoms with Crippen molar-refractivity contribution in [2.24, 2.45) is 0 Å². The Kier molecular flexibility index (Phi) is 4.75. The van der Waals surface area contributed by atoms with Gasteiger partial charge in [-0.15, -0.1) is 0 Å². The number of aliphatic hydroxyl groups is 1. The maximum absolute atomic E-state index is 13.1. The fourth-order valence-electron chi connectivity index (χ4n) is 4.22. The van der Waals surface area contributed by atoms with Gasteiger partial charge < -0.3 is 10.0 Å². The van der Waals surface area contributed by atoms with Gasteiger partial charge in [0.25, 0.3) is 5.56 Å². The van der Waals surface area contributed by atoms with Crippen LogP contribution in [0.25, 0.3) is 27.3 Å². The van der Waals surface area contributed by atoms with Gasteiger partial charge >= 0.3 is 0 Å². The van der Waals surface area contributed by atoms with Gasteiger partial charge in [0.1, 0.15) is 11.9 Å². The molecule has 4 aromatic rings. The third-order valence-electron chi connectivity index (χ3n) is 5.80. The minimum Gasteiger partial charge on any atom is -0.374 e. The monoisotopic (exact) mass is 388 g/mol. The van der Waals surface area contributed by atoms with Gasteiger partial charge in [-0.05, 0) is 61.0 Å². The van der Waals surface area contributed by atoms with Crippen LogP contribution in [0.15, 0.2) is 59.5 Å². The van der Waals surface area contributed by atoms with Crippen molar-refractivity contribution in [3.63, 3.8) is 0 Å². The van der Waals surface area contributed by atoms with Crippen molar-refractivity contribution in [1.82, 2.24) is 19.6 Å². The Morgan fingerprint density at radius 1 is 1.07 bits per heavy atom. The third-order valence-corrected chi connectivity index (χ3v) is 5.80. The lowest BCUT2D eigenvalue weighted by atomic mass is 10.1. The molecular weight excluding hydrogens is 364 g/mol. The Hall–Kier alpha value is -2.80. The number of fused-ring (bicyclic) bond motifs is 3. The van der Waals surface area contributed by atoms with Gasteiger partial charge in [-0.2, -0.15) is 0 Å². The highest BCUT2D eigenvalue weighted by Gasteiger charge is 2.16. The molecule has 1 atom stereocenters. The predicted octanol–water partition coefficient (Wildman–Crippen LogP) is 2.68. The molecule has 1 unspecified atom stereocenters. The molecule has 0 radical (unpaired) electrons. The minimum absolute atomic E-state index is 0.123. The molecule has 1 fully saturated rings. The van der Waals surface area contributed by atoms with Gasteiger partial charge in [0.05, 0.1) is 10.9 Å². The van der Waals surface area contributed by atoms with Crippen LogP contribution in [0.4, 0.5) is 0 Å². The van der Waals surface area contributed by atoms with Gasteiger partial charge in [0.15, 0.2) is 0 Å². The first-order valence-corrected chi connectivity index (χ1v) is 10.2. The van der Waals surface area contributed by atoms with E-state index in [2.05, 4.69) is 10.2 Å². The third kappa shape index (κ3) is 3.40. The number of hydrogen-bond donors (Lipinski definition) is 2. The highest BCUT2D eigenvalue weighted by atomic mass is 16.3. The molecule has 1 aliphatic rings. The second-order valence-electron chi connectivity index (χ2n) is 7.70. The van der Waals surface area contributed by atoms with Crippen LogP contribution in [-0.4, -0.2) is 45.6 Å². The standard InChI is InChI=1S/C23H24N4O2/c28-22(24-9-13-26-10-3-4-11-26)18-8-5-12-27-21(18)25-20-15-17-7-2-1-6-16(17)14-19(20)23(27)29/h1-2,5-8,12,14-15,22,24,28H,3-4,9-11,13H2. The molecule has 0 bridgehead atoms. The summed E-state index contributed by atoms with van der Waals surface area (Å²) < 4.78 is 1.53. The molecule has 3 heterocycles. The average molecular weight is 388 g/mol. The Morgan fingerprint density at radius 3 is 2.62 bits per heavy atom. The molecule has 29 heavy (non-hydrogen) atoms. The number of nitrogens with one attached hydrogen (secondary N) is 1. The quantitative estimate of drug-likeness (QED) is 0.406. The van der Waals surface area contributed by atoms with E-state index in [9.17, 15) is 9.90 Å². The van der Waals surface area contributed by atoms with Gasteiger partial charge in [0, 0.05) is 24.8 Å². The van der Waals surface area contributed by atoms with Gasteiger partial charge in [-0.3, -0.25) is 14.5 Å². The number of aliphatic hydroxyl groups excluding tert-OH is 1. The van der Waals surface area contributed by atoms with Gasteiger partial charge in [-0.25, -0.2) is 4.98 Å². The summed E-state index contributed by atoms with van der Waals surface area (Å²) in [6.45, 7) is 3.85. The summed E-state index contributed by atoms with van der Waals surface area (Å²) in [5.74, 6) is 0. The van der Waals surface area contributed by atoms with E-state index < -0.39 is 6.23 Å². The molecule has 1 aliphatic heterocycles. The molecule has 1 saturated heterocycles. The number of hydrogen-bond acceptors (Lipinski definition) is 5. The molecule has 0 saturated carbocycles. The summed E-state index contributed by atoms with van der Waals surface area (Å²) in [5, 5.41) is 16.5. The summed E-state index contributed by atoms with van der Waals surface area (Å²) in [6.07, 6.45) is 3.33. The zero-order valence-corrected chi connectivity index (χ0v) is 16.2. The van der Waals surface area contributed by atoms with Crippen LogP contribution in [0, 0.1) is 0 Å². The summed E-state index contributed by atoms with van der Waals surface area (Å²) in [6, 6.07) is 15.4. The lowest BCUT2D eigenvalue weighted by Gasteiger charge is -2.19. The van der Waals surface area contributed by atoms with E-state index in [-0.39, 0.29) is 5.56 Å². The van der Waals surface area contributed by atoms with E-state index >= 15 is 0 Å². The van der Waals surface area contributed by atoms with E-state index in [0.29, 0.717) is 28.7 Å². The summed E-state index contributed by atoms with van der Waals surface area (Å²) in [7, 11) is 0. The Morgan fingerprint density at radius 2 is 1.83 bits per heavy atom. The molecule has 5 rings (SSSR count). The van der Waals surface area contributed by atoms with E-state index in [1.165, 1.54) is 17.2 Å². The number of benzene rings is 2. The SMILES string of the molecule is O=c1c2cc3ccccc3cc2nc2c(C(O)NCCN3CCCC3)cccn12. The molecular formula is C23H24N4O2. The lowest BCUT2D eigenvalue weighted by Crippen LogP contribution is -2.32. The first-order valence-electron chi connectivity index (χ1n) is 10.2. The molecule has 2 aromatic carbocycles. The molecule has 148 valence electrons. The van der Waals surface area contributed by atoms with Crippen LogP contribution >= 0.6 is 0 Å². The number of rotatable bonds is 5. The van der Waals surface area contributed by atoms with E-state index in [1.807, 2.05) is 42.5 Å². The number of pyridine rings is 1. The summed E-state index contributed by atoms with van der Waals surface area (Å²) >= 11 is 0. The van der Waals surface area contributed by atoms with Crippen molar-refractivity contribution in [3.05, 3.63) is 70.6 Å². The van der Waals surface area contributed by atoms with Crippen molar-refractivity contribution in [2.75, 3.05) is 26.2 Å². The fourth-order valence-corrected chi connectivity index (χ4v) is 4.22. The predicted molar refractivity (Wildman–Crippen MR) is 115 cm³/mol. The maximum Gasteiger partial charge on any atom is 0.265 e. The minimum atomic E-state index is -0.876.